The van der Waals surface area contributed by atoms with E-state index in [9.17, 15) is 9.59 Å². The lowest BCUT2D eigenvalue weighted by atomic mass is 10.1. The first-order chi connectivity index (χ1) is 12.1. The zero-order valence-corrected chi connectivity index (χ0v) is 15.5. The van der Waals surface area contributed by atoms with Crippen LogP contribution in [0.2, 0.25) is 0 Å². The molecule has 2 amide bonds. The van der Waals surface area contributed by atoms with Crippen LogP contribution in [0.15, 0.2) is 49.6 Å². The van der Waals surface area contributed by atoms with Gasteiger partial charge in [-0.25, -0.2) is 0 Å². The summed E-state index contributed by atoms with van der Waals surface area (Å²) in [6.07, 6.45) is 4.30. The van der Waals surface area contributed by atoms with Crippen LogP contribution in [0.25, 0.3) is 0 Å². The van der Waals surface area contributed by atoms with Crippen LogP contribution in [0.3, 0.4) is 0 Å². The summed E-state index contributed by atoms with van der Waals surface area (Å²) in [6, 6.07) is 6.80. The molecule has 26 heavy (non-hydrogen) atoms. The van der Waals surface area contributed by atoms with E-state index in [-0.39, 0.29) is 30.3 Å². The lowest BCUT2D eigenvalue weighted by Crippen LogP contribution is -2.31. The molecule has 0 aromatic heterocycles. The molecule has 0 radical (unpaired) electrons. The van der Waals surface area contributed by atoms with Gasteiger partial charge in [0, 0.05) is 30.9 Å². The highest BCUT2D eigenvalue weighted by molar-refractivity contribution is 5.97. The molecule has 6 nitrogen and oxygen atoms in total. The maximum atomic E-state index is 12.4. The molecule has 1 aliphatic rings. The first kappa shape index (κ1) is 21.9. The molecular weight excluding hydrogens is 354 g/mol. The highest BCUT2D eigenvalue weighted by Crippen LogP contribution is 2.21. The number of halogens is 1. The van der Waals surface area contributed by atoms with Crippen LogP contribution in [-0.4, -0.2) is 48.6 Å². The van der Waals surface area contributed by atoms with Crippen molar-refractivity contribution in [3.8, 4) is 0 Å². The van der Waals surface area contributed by atoms with Crippen molar-refractivity contribution in [3.05, 3.63) is 55.1 Å². The monoisotopic (exact) mass is 379 g/mol. The Morgan fingerprint density at radius 1 is 1.19 bits per heavy atom. The minimum atomic E-state index is -0.467. The van der Waals surface area contributed by atoms with E-state index in [1.807, 2.05) is 0 Å². The minimum absolute atomic E-state index is 0. The minimum Gasteiger partial charge on any atom is -0.364 e. The molecule has 2 atom stereocenters. The Labute approximate surface area is 160 Å². The molecule has 1 aromatic carbocycles. The lowest BCUT2D eigenvalue weighted by Gasteiger charge is -2.19. The maximum Gasteiger partial charge on any atom is 0.254 e. The molecule has 3 N–H and O–H groups in total. The van der Waals surface area contributed by atoms with Crippen molar-refractivity contribution in [2.24, 2.45) is 5.73 Å². The molecule has 1 aromatic rings. The van der Waals surface area contributed by atoms with E-state index in [1.54, 1.807) is 41.3 Å². The van der Waals surface area contributed by atoms with Crippen LogP contribution >= 0.6 is 12.4 Å². The number of nitrogens with one attached hydrogen (secondary N) is 1. The summed E-state index contributed by atoms with van der Waals surface area (Å²) in [5.41, 5.74) is 6.73. The Morgan fingerprint density at radius 3 is 2.31 bits per heavy atom. The third kappa shape index (κ3) is 5.69. The molecule has 1 saturated heterocycles. The van der Waals surface area contributed by atoms with Gasteiger partial charge in [0.15, 0.2) is 0 Å². The molecule has 0 spiro atoms. The largest absolute Gasteiger partial charge is 0.364 e. The Kier molecular flexibility index (Phi) is 9.05. The summed E-state index contributed by atoms with van der Waals surface area (Å²) in [4.78, 5) is 26.3. The zero-order valence-electron chi connectivity index (χ0n) is 14.7. The van der Waals surface area contributed by atoms with E-state index < -0.39 is 6.10 Å². The van der Waals surface area contributed by atoms with Crippen molar-refractivity contribution in [3.63, 3.8) is 0 Å². The fraction of sp³-hybridized carbons (Fsp3) is 0.368. The number of hydrogen-bond donors (Lipinski definition) is 2. The number of ether oxygens (including phenoxy) is 1. The molecule has 0 unspecified atom stereocenters. The fourth-order valence-electron chi connectivity index (χ4n) is 2.73. The first-order valence-corrected chi connectivity index (χ1v) is 8.36. The number of rotatable bonds is 8. The van der Waals surface area contributed by atoms with Crippen LogP contribution in [0.4, 0.5) is 5.69 Å². The number of amides is 2. The van der Waals surface area contributed by atoms with Gasteiger partial charge in [0.1, 0.15) is 6.10 Å². The summed E-state index contributed by atoms with van der Waals surface area (Å²) in [5, 5.41) is 2.81. The second-order valence-corrected chi connectivity index (χ2v) is 5.91. The normalized spacial score (nSPS) is 18.5. The van der Waals surface area contributed by atoms with Crippen molar-refractivity contribution in [2.45, 2.75) is 25.0 Å². The molecule has 0 bridgehead atoms. The fourth-order valence-corrected chi connectivity index (χ4v) is 2.73. The molecule has 1 fully saturated rings. The van der Waals surface area contributed by atoms with Gasteiger partial charge in [-0.15, -0.1) is 25.6 Å². The predicted octanol–water partition coefficient (Wildman–Crippen LogP) is 2.37. The van der Waals surface area contributed by atoms with E-state index >= 15 is 0 Å². The van der Waals surface area contributed by atoms with E-state index in [4.69, 9.17) is 10.5 Å². The van der Waals surface area contributed by atoms with Gasteiger partial charge in [-0.3, -0.25) is 9.59 Å². The Morgan fingerprint density at radius 2 is 1.81 bits per heavy atom. The molecular formula is C19H26ClN3O3. The number of benzene rings is 1. The van der Waals surface area contributed by atoms with Crippen molar-refractivity contribution < 1.29 is 14.3 Å². The third-order valence-corrected chi connectivity index (χ3v) is 4.05. The standard InChI is InChI=1S/C19H25N3O3.ClH/c1-3-11-22(12-4-2)19(24)14-5-7-15(8-6-14)21-18(23)17-10-9-16(13-20)25-17;/h3-8,16-17H,1-2,9-13,20H2,(H,21,23);1H/t16-,17+;/m1./s1. The second-order valence-electron chi connectivity index (χ2n) is 5.91. The van der Waals surface area contributed by atoms with Crippen molar-refractivity contribution >= 4 is 29.9 Å². The average Bonchev–Trinajstić information content (AvgIpc) is 3.11. The van der Waals surface area contributed by atoms with Crippen LogP contribution < -0.4 is 11.1 Å². The van der Waals surface area contributed by atoms with E-state index in [1.165, 1.54) is 0 Å². The SMILES string of the molecule is C=CCN(CC=C)C(=O)c1ccc(NC(=O)[C@@H]2CC[C@H](CN)O2)cc1.Cl. The second kappa shape index (κ2) is 10.8. The van der Waals surface area contributed by atoms with Gasteiger partial charge in [-0.2, -0.15) is 0 Å². The summed E-state index contributed by atoms with van der Waals surface area (Å²) < 4.78 is 5.58. The summed E-state index contributed by atoms with van der Waals surface area (Å²) in [6.45, 7) is 8.64. The molecule has 1 aliphatic heterocycles. The van der Waals surface area contributed by atoms with Crippen molar-refractivity contribution in [1.29, 1.82) is 0 Å². The molecule has 2 rings (SSSR count). The Bertz CT molecular complexity index is 623. The number of nitrogens with two attached hydrogens (primary N) is 1. The quantitative estimate of drug-likeness (QED) is 0.679. The first-order valence-electron chi connectivity index (χ1n) is 8.36. The molecule has 0 aliphatic carbocycles. The van der Waals surface area contributed by atoms with Gasteiger partial charge >= 0.3 is 0 Å². The highest BCUT2D eigenvalue weighted by Gasteiger charge is 2.29. The predicted molar refractivity (Wildman–Crippen MR) is 106 cm³/mol. The highest BCUT2D eigenvalue weighted by atomic mass is 35.5. The topological polar surface area (TPSA) is 84.7 Å². The third-order valence-electron chi connectivity index (χ3n) is 4.05. The molecule has 7 heteroatoms. The Hall–Kier alpha value is -2.15. The van der Waals surface area contributed by atoms with E-state index in [2.05, 4.69) is 18.5 Å². The van der Waals surface area contributed by atoms with Gasteiger partial charge < -0.3 is 20.7 Å². The van der Waals surface area contributed by atoms with Crippen molar-refractivity contribution in [1.82, 2.24) is 4.90 Å². The van der Waals surface area contributed by atoms with Gasteiger partial charge in [0.05, 0.1) is 6.10 Å². The molecule has 0 saturated carbocycles. The molecule has 1 heterocycles. The molecule has 142 valence electrons. The van der Waals surface area contributed by atoms with Gasteiger partial charge in [0.2, 0.25) is 0 Å². The number of carbonyl (C=O) groups excluding carboxylic acids is 2. The number of anilines is 1. The number of nitrogens with zero attached hydrogens (tertiary/aromatic N) is 1. The van der Waals surface area contributed by atoms with Crippen molar-refractivity contribution in [2.75, 3.05) is 25.0 Å². The summed E-state index contributed by atoms with van der Waals surface area (Å²) in [5.74, 6) is -0.294. The van der Waals surface area contributed by atoms with Gasteiger partial charge in [-0.1, -0.05) is 12.2 Å². The van der Waals surface area contributed by atoms with E-state index in [0.717, 1.165) is 6.42 Å². The van der Waals surface area contributed by atoms with Crippen LogP contribution in [0, 0.1) is 0 Å². The van der Waals surface area contributed by atoms with Crippen LogP contribution in [-0.2, 0) is 9.53 Å². The smallest absolute Gasteiger partial charge is 0.254 e. The maximum absolute atomic E-state index is 12.4. The zero-order chi connectivity index (χ0) is 18.2. The lowest BCUT2D eigenvalue weighted by molar-refractivity contribution is -0.126. The average molecular weight is 380 g/mol. The summed E-state index contributed by atoms with van der Waals surface area (Å²) >= 11 is 0. The van der Waals surface area contributed by atoms with Gasteiger partial charge in [0.25, 0.3) is 11.8 Å². The van der Waals surface area contributed by atoms with Gasteiger partial charge in [-0.05, 0) is 37.1 Å². The van der Waals surface area contributed by atoms with E-state index in [0.29, 0.717) is 37.3 Å². The number of hydrogen-bond acceptors (Lipinski definition) is 4. The Balaban J connectivity index is 0.00000338. The summed E-state index contributed by atoms with van der Waals surface area (Å²) in [7, 11) is 0. The number of carbonyl (C=O) groups is 2. The van der Waals surface area contributed by atoms with Crippen LogP contribution in [0.5, 0.6) is 0 Å². The van der Waals surface area contributed by atoms with Crippen LogP contribution in [0.1, 0.15) is 23.2 Å².